The zero-order valence-corrected chi connectivity index (χ0v) is 12.2. The molecule has 0 spiro atoms. The minimum Gasteiger partial charge on any atom is -0.493 e. The first-order chi connectivity index (χ1) is 7.99. The van der Waals surface area contributed by atoms with Crippen molar-refractivity contribution in [3.63, 3.8) is 0 Å². The lowest BCUT2D eigenvalue weighted by molar-refractivity contribution is 0.351. The van der Waals surface area contributed by atoms with Gasteiger partial charge in [-0.1, -0.05) is 29.8 Å². The van der Waals surface area contributed by atoms with Crippen molar-refractivity contribution < 1.29 is 13.9 Å². The summed E-state index contributed by atoms with van der Waals surface area (Å²) < 4.78 is 24.1. The number of rotatable bonds is 5. The molecule has 1 rings (SSSR count). The summed E-state index contributed by atoms with van der Waals surface area (Å²) in [5, 5.41) is 0. The van der Waals surface area contributed by atoms with Crippen LogP contribution in [0.3, 0.4) is 0 Å². The van der Waals surface area contributed by atoms with Crippen LogP contribution in [0.5, 0.6) is 11.5 Å². The number of benzene rings is 1. The van der Waals surface area contributed by atoms with Crippen molar-refractivity contribution in [1.29, 1.82) is 0 Å². The van der Waals surface area contributed by atoms with E-state index in [1.54, 1.807) is 13.2 Å². The molecule has 0 amide bonds. The predicted octanol–water partition coefficient (Wildman–Crippen LogP) is 4.33. The Balaban J connectivity index is 3.07. The Bertz CT molecular complexity index is 380. The van der Waals surface area contributed by atoms with E-state index >= 15 is 0 Å². The summed E-state index contributed by atoms with van der Waals surface area (Å²) in [7, 11) is 3.04. The molecule has 0 saturated carbocycles. The lowest BCUT2D eigenvalue weighted by Gasteiger charge is -2.16. The summed E-state index contributed by atoms with van der Waals surface area (Å²) in [4.78, 5) is -0.0118. The van der Waals surface area contributed by atoms with Gasteiger partial charge >= 0.3 is 0 Å². The first kappa shape index (κ1) is 14.3. The average molecular weight is 305 g/mol. The van der Waals surface area contributed by atoms with E-state index in [-0.39, 0.29) is 10.6 Å². The van der Waals surface area contributed by atoms with Crippen LogP contribution in [0, 0.1) is 11.7 Å². The van der Waals surface area contributed by atoms with E-state index in [1.807, 2.05) is 0 Å². The highest BCUT2D eigenvalue weighted by molar-refractivity contribution is 9.09. The molecule has 0 bridgehead atoms. The molecule has 0 heterocycles. The first-order valence-corrected chi connectivity index (χ1v) is 6.46. The lowest BCUT2D eigenvalue weighted by Crippen LogP contribution is -2.01. The highest BCUT2D eigenvalue weighted by Crippen LogP contribution is 2.37. The molecular formula is C13H18BrFO2. The van der Waals surface area contributed by atoms with Crippen molar-refractivity contribution in [1.82, 2.24) is 0 Å². The third-order valence-corrected chi connectivity index (χ3v) is 3.39. The van der Waals surface area contributed by atoms with Crippen LogP contribution in [0.15, 0.2) is 12.1 Å². The van der Waals surface area contributed by atoms with Crippen molar-refractivity contribution in [3.8, 4) is 11.5 Å². The fraction of sp³-hybridized carbons (Fsp3) is 0.538. The number of ether oxygens (including phenoxy) is 2. The number of hydrogen-bond acceptors (Lipinski definition) is 2. The molecule has 0 radical (unpaired) electrons. The molecule has 1 aromatic carbocycles. The van der Waals surface area contributed by atoms with E-state index in [2.05, 4.69) is 29.8 Å². The summed E-state index contributed by atoms with van der Waals surface area (Å²) in [6, 6.07) is 3.05. The quantitative estimate of drug-likeness (QED) is 0.754. The number of alkyl halides is 1. The molecule has 2 nitrogen and oxygen atoms in total. The highest BCUT2D eigenvalue weighted by Gasteiger charge is 2.18. The third kappa shape index (κ3) is 3.60. The van der Waals surface area contributed by atoms with Gasteiger partial charge in [-0.15, -0.1) is 0 Å². The molecule has 0 aromatic heterocycles. The van der Waals surface area contributed by atoms with Crippen molar-refractivity contribution in [3.05, 3.63) is 23.5 Å². The molecule has 0 aliphatic rings. The maximum atomic E-state index is 13.9. The molecule has 96 valence electrons. The molecule has 0 N–H and O–H groups in total. The van der Waals surface area contributed by atoms with Gasteiger partial charge in [-0.3, -0.25) is 0 Å². The van der Waals surface area contributed by atoms with Crippen LogP contribution in [0.25, 0.3) is 0 Å². The lowest BCUT2D eigenvalue weighted by atomic mass is 10.0. The van der Waals surface area contributed by atoms with E-state index in [9.17, 15) is 4.39 Å². The van der Waals surface area contributed by atoms with Gasteiger partial charge < -0.3 is 9.47 Å². The topological polar surface area (TPSA) is 18.5 Å². The van der Waals surface area contributed by atoms with Crippen LogP contribution in [-0.4, -0.2) is 14.2 Å². The summed E-state index contributed by atoms with van der Waals surface area (Å²) in [6.45, 7) is 4.21. The van der Waals surface area contributed by atoms with E-state index < -0.39 is 0 Å². The maximum Gasteiger partial charge on any atom is 0.163 e. The van der Waals surface area contributed by atoms with Gasteiger partial charge in [0.15, 0.2) is 11.5 Å². The van der Waals surface area contributed by atoms with Gasteiger partial charge in [0.05, 0.1) is 14.2 Å². The number of methoxy groups -OCH3 is 2. The minimum absolute atomic E-state index is 0.0118. The molecule has 1 aromatic rings. The van der Waals surface area contributed by atoms with Crippen LogP contribution in [0.4, 0.5) is 4.39 Å². The summed E-state index contributed by atoms with van der Waals surface area (Å²) in [5.41, 5.74) is 0.608. The van der Waals surface area contributed by atoms with Crippen LogP contribution >= 0.6 is 15.9 Å². The van der Waals surface area contributed by atoms with Gasteiger partial charge in [0.2, 0.25) is 0 Å². The normalized spacial score (nSPS) is 12.6. The third-order valence-electron chi connectivity index (χ3n) is 2.52. The molecule has 0 aliphatic carbocycles. The van der Waals surface area contributed by atoms with Gasteiger partial charge in [-0.25, -0.2) is 4.39 Å². The Hall–Kier alpha value is -0.770. The summed E-state index contributed by atoms with van der Waals surface area (Å²) >= 11 is 3.51. The number of hydrogen-bond donors (Lipinski definition) is 0. The Morgan fingerprint density at radius 2 is 1.71 bits per heavy atom. The first-order valence-electron chi connectivity index (χ1n) is 5.55. The van der Waals surface area contributed by atoms with E-state index in [4.69, 9.17) is 9.47 Å². The smallest absolute Gasteiger partial charge is 0.163 e. The van der Waals surface area contributed by atoms with Crippen molar-refractivity contribution in [2.75, 3.05) is 14.2 Å². The van der Waals surface area contributed by atoms with E-state index in [0.29, 0.717) is 23.0 Å². The van der Waals surface area contributed by atoms with Crippen LogP contribution in [0.2, 0.25) is 0 Å². The van der Waals surface area contributed by atoms with Crippen molar-refractivity contribution in [2.45, 2.75) is 25.1 Å². The van der Waals surface area contributed by atoms with E-state index in [1.165, 1.54) is 13.2 Å². The molecule has 17 heavy (non-hydrogen) atoms. The molecule has 0 fully saturated rings. The Morgan fingerprint density at radius 1 is 1.18 bits per heavy atom. The van der Waals surface area contributed by atoms with Gasteiger partial charge in [-0.05, 0) is 18.4 Å². The maximum absolute atomic E-state index is 13.9. The number of halogens is 2. The Labute approximate surface area is 110 Å². The van der Waals surface area contributed by atoms with Crippen LogP contribution < -0.4 is 9.47 Å². The van der Waals surface area contributed by atoms with Crippen molar-refractivity contribution >= 4 is 15.9 Å². The second-order valence-corrected chi connectivity index (χ2v) is 5.43. The van der Waals surface area contributed by atoms with Gasteiger partial charge in [0, 0.05) is 16.5 Å². The average Bonchev–Trinajstić information content (AvgIpc) is 2.27. The minimum atomic E-state index is -0.273. The fourth-order valence-electron chi connectivity index (χ4n) is 1.65. The second kappa shape index (κ2) is 6.24. The fourth-order valence-corrected chi connectivity index (χ4v) is 2.75. The second-order valence-electron chi connectivity index (χ2n) is 4.33. The monoisotopic (exact) mass is 304 g/mol. The zero-order valence-electron chi connectivity index (χ0n) is 10.6. The largest absolute Gasteiger partial charge is 0.493 e. The predicted molar refractivity (Wildman–Crippen MR) is 70.6 cm³/mol. The van der Waals surface area contributed by atoms with Gasteiger partial charge in [0.1, 0.15) is 5.82 Å². The highest BCUT2D eigenvalue weighted by atomic mass is 79.9. The SMILES string of the molecule is COc1cc(F)c(C(Br)CC(C)C)cc1OC. The molecule has 1 atom stereocenters. The van der Waals surface area contributed by atoms with Crippen molar-refractivity contribution in [2.24, 2.45) is 5.92 Å². The molecule has 4 heteroatoms. The van der Waals surface area contributed by atoms with Crippen LogP contribution in [-0.2, 0) is 0 Å². The molecule has 0 saturated heterocycles. The molecular weight excluding hydrogens is 287 g/mol. The van der Waals surface area contributed by atoms with E-state index in [0.717, 1.165) is 6.42 Å². The zero-order chi connectivity index (χ0) is 13.0. The van der Waals surface area contributed by atoms with Gasteiger partial charge in [0.25, 0.3) is 0 Å². The Kier molecular flexibility index (Phi) is 5.25. The van der Waals surface area contributed by atoms with Gasteiger partial charge in [-0.2, -0.15) is 0 Å². The Morgan fingerprint density at radius 3 is 2.18 bits per heavy atom. The summed E-state index contributed by atoms with van der Waals surface area (Å²) in [5.74, 6) is 1.19. The molecule has 0 aliphatic heterocycles. The molecule has 1 unspecified atom stereocenters. The summed E-state index contributed by atoms with van der Waals surface area (Å²) in [6.07, 6.45) is 0.867. The standard InChI is InChI=1S/C13H18BrFO2/c1-8(2)5-10(14)9-6-12(16-3)13(17-4)7-11(9)15/h6-8,10H,5H2,1-4H3. The van der Waals surface area contributed by atoms with Crippen LogP contribution in [0.1, 0.15) is 30.7 Å².